The Kier molecular flexibility index (Phi) is 7.51. The first-order valence-corrected chi connectivity index (χ1v) is 7.61. The highest BCUT2D eigenvalue weighted by atomic mass is 16.2. The van der Waals surface area contributed by atoms with E-state index >= 15 is 0 Å². The van der Waals surface area contributed by atoms with Gasteiger partial charge in [0.2, 0.25) is 11.8 Å². The third-order valence-electron chi connectivity index (χ3n) is 3.57. The Hall–Kier alpha value is -1.84. The number of hydrogen-bond acceptors (Lipinski definition) is 2. The van der Waals surface area contributed by atoms with Gasteiger partial charge in [0.1, 0.15) is 0 Å². The molecule has 0 aliphatic heterocycles. The molecule has 0 unspecified atom stereocenters. The van der Waals surface area contributed by atoms with Gasteiger partial charge >= 0.3 is 0 Å². The lowest BCUT2D eigenvalue weighted by atomic mass is 10.2. The third kappa shape index (κ3) is 5.98. The van der Waals surface area contributed by atoms with Gasteiger partial charge in [-0.05, 0) is 25.0 Å². The molecular weight excluding hydrogens is 264 g/mol. The SMILES string of the molecule is CCCCN(C)C(=O)CCCC(=O)N(C)c1ccccc1. The number of para-hydroxylation sites is 1. The Balaban J connectivity index is 2.32. The second kappa shape index (κ2) is 9.16. The van der Waals surface area contributed by atoms with E-state index in [1.54, 1.807) is 16.8 Å². The van der Waals surface area contributed by atoms with Gasteiger partial charge in [0.05, 0.1) is 0 Å². The van der Waals surface area contributed by atoms with Crippen molar-refractivity contribution >= 4 is 17.5 Å². The number of carbonyl (C=O) groups excluding carboxylic acids is 2. The molecule has 0 aliphatic rings. The van der Waals surface area contributed by atoms with Crippen LogP contribution in [0.4, 0.5) is 5.69 Å². The summed E-state index contributed by atoms with van der Waals surface area (Å²) in [5.41, 5.74) is 0.883. The normalized spacial score (nSPS) is 10.2. The number of amides is 2. The summed E-state index contributed by atoms with van der Waals surface area (Å²) in [4.78, 5) is 27.3. The lowest BCUT2D eigenvalue weighted by Gasteiger charge is -2.18. The van der Waals surface area contributed by atoms with Crippen molar-refractivity contribution in [2.75, 3.05) is 25.5 Å². The lowest BCUT2D eigenvalue weighted by molar-refractivity contribution is -0.130. The first kappa shape index (κ1) is 17.2. The van der Waals surface area contributed by atoms with Crippen LogP contribution in [-0.4, -0.2) is 37.4 Å². The van der Waals surface area contributed by atoms with Gasteiger partial charge in [-0.25, -0.2) is 0 Å². The summed E-state index contributed by atoms with van der Waals surface area (Å²) in [6, 6.07) is 9.55. The van der Waals surface area contributed by atoms with E-state index in [1.165, 1.54) is 0 Å². The molecular formula is C17H26N2O2. The molecule has 0 bridgehead atoms. The Labute approximate surface area is 127 Å². The van der Waals surface area contributed by atoms with E-state index in [2.05, 4.69) is 6.92 Å². The number of anilines is 1. The maximum Gasteiger partial charge on any atom is 0.226 e. The number of carbonyl (C=O) groups is 2. The molecule has 0 saturated carbocycles. The average molecular weight is 290 g/mol. The van der Waals surface area contributed by atoms with Crippen LogP contribution in [0.3, 0.4) is 0 Å². The van der Waals surface area contributed by atoms with Crippen molar-refractivity contribution in [1.82, 2.24) is 4.90 Å². The predicted molar refractivity (Wildman–Crippen MR) is 86.2 cm³/mol. The van der Waals surface area contributed by atoms with Crippen molar-refractivity contribution in [1.29, 1.82) is 0 Å². The van der Waals surface area contributed by atoms with Crippen LogP contribution in [0.2, 0.25) is 0 Å². The number of hydrogen-bond donors (Lipinski definition) is 0. The Morgan fingerprint density at radius 3 is 2.19 bits per heavy atom. The molecule has 0 heterocycles. The fourth-order valence-corrected chi connectivity index (χ4v) is 2.06. The molecule has 116 valence electrons. The number of benzene rings is 1. The van der Waals surface area contributed by atoms with Crippen LogP contribution < -0.4 is 4.90 Å². The van der Waals surface area contributed by atoms with Crippen LogP contribution in [0.1, 0.15) is 39.0 Å². The summed E-state index contributed by atoms with van der Waals surface area (Å²) in [6.45, 7) is 2.91. The molecule has 21 heavy (non-hydrogen) atoms. The maximum atomic E-state index is 12.1. The summed E-state index contributed by atoms with van der Waals surface area (Å²) in [7, 11) is 3.60. The number of rotatable bonds is 8. The fraction of sp³-hybridized carbons (Fsp3) is 0.529. The maximum absolute atomic E-state index is 12.1. The van der Waals surface area contributed by atoms with Crippen molar-refractivity contribution < 1.29 is 9.59 Å². The second-order valence-electron chi connectivity index (χ2n) is 5.31. The smallest absolute Gasteiger partial charge is 0.226 e. The molecule has 0 spiro atoms. The van der Waals surface area contributed by atoms with E-state index in [-0.39, 0.29) is 11.8 Å². The highest BCUT2D eigenvalue weighted by Crippen LogP contribution is 2.13. The van der Waals surface area contributed by atoms with Crippen LogP contribution in [0.15, 0.2) is 30.3 Å². The van der Waals surface area contributed by atoms with Gasteiger partial charge < -0.3 is 9.80 Å². The van der Waals surface area contributed by atoms with Crippen LogP contribution in [-0.2, 0) is 9.59 Å². The van der Waals surface area contributed by atoms with Crippen molar-refractivity contribution in [2.45, 2.75) is 39.0 Å². The number of nitrogens with zero attached hydrogens (tertiary/aromatic N) is 2. The lowest BCUT2D eigenvalue weighted by Crippen LogP contribution is -2.29. The molecule has 1 aromatic rings. The van der Waals surface area contributed by atoms with Crippen molar-refractivity contribution in [2.24, 2.45) is 0 Å². The molecule has 0 aromatic heterocycles. The van der Waals surface area contributed by atoms with Crippen molar-refractivity contribution in [3.05, 3.63) is 30.3 Å². The standard InChI is InChI=1S/C17H26N2O2/c1-4-5-14-18(2)16(20)12-9-13-17(21)19(3)15-10-7-6-8-11-15/h6-8,10-11H,4-5,9,12-14H2,1-3H3. The monoisotopic (exact) mass is 290 g/mol. The average Bonchev–Trinajstić information content (AvgIpc) is 2.52. The molecule has 0 radical (unpaired) electrons. The second-order valence-corrected chi connectivity index (χ2v) is 5.31. The summed E-state index contributed by atoms with van der Waals surface area (Å²) >= 11 is 0. The Morgan fingerprint density at radius 2 is 1.57 bits per heavy atom. The minimum absolute atomic E-state index is 0.0465. The zero-order valence-electron chi connectivity index (χ0n) is 13.3. The molecule has 4 heteroatoms. The van der Waals surface area contributed by atoms with Gasteiger partial charge in [0.25, 0.3) is 0 Å². The molecule has 0 saturated heterocycles. The Bertz CT molecular complexity index is 445. The highest BCUT2D eigenvalue weighted by molar-refractivity contribution is 5.92. The van der Waals surface area contributed by atoms with E-state index in [1.807, 2.05) is 37.4 Å². The number of unbranched alkanes of at least 4 members (excludes halogenated alkanes) is 1. The molecule has 0 N–H and O–H groups in total. The molecule has 2 amide bonds. The molecule has 0 aliphatic carbocycles. The van der Waals surface area contributed by atoms with Gasteiger partial charge in [-0.2, -0.15) is 0 Å². The fourth-order valence-electron chi connectivity index (χ4n) is 2.06. The quantitative estimate of drug-likeness (QED) is 0.738. The van der Waals surface area contributed by atoms with Crippen molar-refractivity contribution in [3.8, 4) is 0 Å². The van der Waals surface area contributed by atoms with E-state index in [4.69, 9.17) is 0 Å². The predicted octanol–water partition coefficient (Wildman–Crippen LogP) is 3.08. The summed E-state index contributed by atoms with van der Waals surface area (Å²) in [5, 5.41) is 0. The molecule has 0 fully saturated rings. The van der Waals surface area contributed by atoms with Gasteiger partial charge in [-0.1, -0.05) is 31.5 Å². The molecule has 1 aromatic carbocycles. The van der Waals surface area contributed by atoms with Gasteiger partial charge in [0.15, 0.2) is 0 Å². The summed E-state index contributed by atoms with van der Waals surface area (Å²) in [5.74, 6) is 0.170. The van der Waals surface area contributed by atoms with Crippen molar-refractivity contribution in [3.63, 3.8) is 0 Å². The molecule has 4 nitrogen and oxygen atoms in total. The van der Waals surface area contributed by atoms with E-state index in [0.29, 0.717) is 19.3 Å². The molecule has 0 atom stereocenters. The van der Waals surface area contributed by atoms with E-state index < -0.39 is 0 Å². The van der Waals surface area contributed by atoms with Crippen LogP contribution in [0.5, 0.6) is 0 Å². The zero-order valence-corrected chi connectivity index (χ0v) is 13.3. The minimum atomic E-state index is 0.0465. The summed E-state index contributed by atoms with van der Waals surface area (Å²) < 4.78 is 0. The minimum Gasteiger partial charge on any atom is -0.346 e. The van der Waals surface area contributed by atoms with Gasteiger partial charge in [-0.3, -0.25) is 9.59 Å². The van der Waals surface area contributed by atoms with Crippen LogP contribution in [0, 0.1) is 0 Å². The third-order valence-corrected chi connectivity index (χ3v) is 3.57. The molecule has 1 rings (SSSR count). The van der Waals surface area contributed by atoms with Gasteiger partial charge in [0, 0.05) is 39.2 Å². The van der Waals surface area contributed by atoms with Crippen LogP contribution in [0.25, 0.3) is 0 Å². The Morgan fingerprint density at radius 1 is 0.952 bits per heavy atom. The summed E-state index contributed by atoms with van der Waals surface area (Å²) in [6.07, 6.45) is 3.55. The first-order chi connectivity index (χ1) is 10.1. The highest BCUT2D eigenvalue weighted by Gasteiger charge is 2.13. The van der Waals surface area contributed by atoms with E-state index in [0.717, 1.165) is 25.1 Å². The topological polar surface area (TPSA) is 40.6 Å². The zero-order chi connectivity index (χ0) is 15.7. The van der Waals surface area contributed by atoms with Crippen LogP contribution >= 0.6 is 0 Å². The largest absolute Gasteiger partial charge is 0.346 e. The first-order valence-electron chi connectivity index (χ1n) is 7.61. The van der Waals surface area contributed by atoms with E-state index in [9.17, 15) is 9.59 Å². The van der Waals surface area contributed by atoms with Gasteiger partial charge in [-0.15, -0.1) is 0 Å².